The maximum absolute atomic E-state index is 6.15. The van der Waals surface area contributed by atoms with Crippen molar-refractivity contribution >= 4 is 23.2 Å². The van der Waals surface area contributed by atoms with Crippen LogP contribution < -0.4 is 5.32 Å². The minimum atomic E-state index is 0.428. The Bertz CT molecular complexity index is 316. The van der Waals surface area contributed by atoms with Crippen molar-refractivity contribution in [2.75, 3.05) is 7.05 Å². The normalized spacial score (nSPS) is 13.1. The van der Waals surface area contributed by atoms with E-state index in [0.29, 0.717) is 12.0 Å². The van der Waals surface area contributed by atoms with Crippen LogP contribution in [0.4, 0.5) is 0 Å². The summed E-state index contributed by atoms with van der Waals surface area (Å²) in [6.45, 7) is 4.44. The summed E-state index contributed by atoms with van der Waals surface area (Å²) in [5, 5.41) is 4.84. The van der Waals surface area contributed by atoms with Crippen LogP contribution in [-0.4, -0.2) is 13.1 Å². The van der Waals surface area contributed by atoms with Crippen molar-refractivity contribution in [3.8, 4) is 0 Å². The van der Waals surface area contributed by atoms with Crippen LogP contribution in [0.1, 0.15) is 25.8 Å². The summed E-state index contributed by atoms with van der Waals surface area (Å²) in [7, 11) is 1.98. The van der Waals surface area contributed by atoms with Gasteiger partial charge in [-0.25, -0.2) is 0 Å². The van der Waals surface area contributed by atoms with Gasteiger partial charge in [-0.3, -0.25) is 0 Å². The molecule has 1 rings (SSSR count). The van der Waals surface area contributed by atoms with E-state index in [1.165, 1.54) is 0 Å². The molecule has 0 aliphatic heterocycles. The molecule has 1 aromatic rings. The third-order valence-corrected chi connectivity index (χ3v) is 3.38. The lowest BCUT2D eigenvalue weighted by molar-refractivity contribution is 0.441. The zero-order valence-corrected chi connectivity index (χ0v) is 11.6. The van der Waals surface area contributed by atoms with Crippen LogP contribution in [0, 0.1) is 5.92 Å². The van der Waals surface area contributed by atoms with E-state index in [0.717, 1.165) is 28.5 Å². The number of hydrogen-bond donors (Lipinski definition) is 1. The predicted octanol–water partition coefficient (Wildman–Crippen LogP) is 4.17. The van der Waals surface area contributed by atoms with E-state index in [2.05, 4.69) is 19.2 Å². The van der Waals surface area contributed by atoms with Gasteiger partial charge in [-0.05, 0) is 43.5 Å². The van der Waals surface area contributed by atoms with Gasteiger partial charge in [0.2, 0.25) is 0 Å². The number of hydrogen-bond acceptors (Lipinski definition) is 1. The Balaban J connectivity index is 2.77. The van der Waals surface area contributed by atoms with Crippen LogP contribution in [-0.2, 0) is 6.42 Å². The molecule has 0 saturated carbocycles. The molecular weight excluding hydrogens is 241 g/mol. The zero-order chi connectivity index (χ0) is 12.1. The minimum absolute atomic E-state index is 0.428. The van der Waals surface area contributed by atoms with E-state index in [4.69, 9.17) is 23.2 Å². The second kappa shape index (κ2) is 6.48. The topological polar surface area (TPSA) is 12.0 Å². The summed E-state index contributed by atoms with van der Waals surface area (Å²) in [4.78, 5) is 0. The second-order valence-electron chi connectivity index (χ2n) is 4.52. The molecule has 16 heavy (non-hydrogen) atoms. The summed E-state index contributed by atoms with van der Waals surface area (Å²) >= 11 is 12.3. The monoisotopic (exact) mass is 259 g/mol. The predicted molar refractivity (Wildman–Crippen MR) is 72.5 cm³/mol. The Hall–Kier alpha value is -0.240. The van der Waals surface area contributed by atoms with Crippen molar-refractivity contribution in [2.45, 2.75) is 32.7 Å². The van der Waals surface area contributed by atoms with Crippen molar-refractivity contribution in [3.05, 3.63) is 33.8 Å². The van der Waals surface area contributed by atoms with Crippen molar-refractivity contribution in [3.63, 3.8) is 0 Å². The SMILES string of the molecule is CNC(Cc1c(Cl)cccc1Cl)CC(C)C. The molecule has 0 saturated heterocycles. The van der Waals surface area contributed by atoms with Gasteiger partial charge in [0.05, 0.1) is 0 Å². The van der Waals surface area contributed by atoms with E-state index in [1.54, 1.807) is 0 Å². The van der Waals surface area contributed by atoms with Crippen LogP contribution in [0.2, 0.25) is 10.0 Å². The second-order valence-corrected chi connectivity index (χ2v) is 5.33. The molecule has 0 bridgehead atoms. The highest BCUT2D eigenvalue weighted by molar-refractivity contribution is 6.35. The standard InChI is InChI=1S/C13H19Cl2N/c1-9(2)7-10(16-3)8-11-12(14)5-4-6-13(11)15/h4-6,9-10,16H,7-8H2,1-3H3. The van der Waals surface area contributed by atoms with Gasteiger partial charge in [-0.2, -0.15) is 0 Å². The molecule has 0 aliphatic rings. The molecule has 1 unspecified atom stereocenters. The molecule has 1 aromatic carbocycles. The Kier molecular flexibility index (Phi) is 5.60. The Morgan fingerprint density at radius 1 is 1.19 bits per heavy atom. The molecule has 90 valence electrons. The lowest BCUT2D eigenvalue weighted by atomic mass is 9.97. The highest BCUT2D eigenvalue weighted by Crippen LogP contribution is 2.26. The minimum Gasteiger partial charge on any atom is -0.317 e. The van der Waals surface area contributed by atoms with Gasteiger partial charge < -0.3 is 5.32 Å². The van der Waals surface area contributed by atoms with Crippen molar-refractivity contribution in [1.82, 2.24) is 5.32 Å². The summed E-state index contributed by atoms with van der Waals surface area (Å²) in [5.41, 5.74) is 1.05. The molecule has 0 spiro atoms. The van der Waals surface area contributed by atoms with Crippen LogP contribution in [0.3, 0.4) is 0 Å². The van der Waals surface area contributed by atoms with E-state index in [9.17, 15) is 0 Å². The Morgan fingerprint density at radius 2 is 1.75 bits per heavy atom. The van der Waals surface area contributed by atoms with Gasteiger partial charge in [0.15, 0.2) is 0 Å². The third-order valence-electron chi connectivity index (χ3n) is 2.68. The van der Waals surface area contributed by atoms with Gasteiger partial charge in [-0.1, -0.05) is 43.1 Å². The maximum Gasteiger partial charge on any atom is 0.0453 e. The smallest absolute Gasteiger partial charge is 0.0453 e. The van der Waals surface area contributed by atoms with Gasteiger partial charge in [0, 0.05) is 16.1 Å². The van der Waals surface area contributed by atoms with E-state index < -0.39 is 0 Å². The van der Waals surface area contributed by atoms with E-state index in [-0.39, 0.29) is 0 Å². The molecule has 1 nitrogen and oxygen atoms in total. The first-order valence-electron chi connectivity index (χ1n) is 5.64. The fourth-order valence-corrected chi connectivity index (χ4v) is 2.40. The molecule has 1 atom stereocenters. The fraction of sp³-hybridized carbons (Fsp3) is 0.538. The van der Waals surface area contributed by atoms with Crippen LogP contribution in [0.15, 0.2) is 18.2 Å². The summed E-state index contributed by atoms with van der Waals surface area (Å²) in [5.74, 6) is 0.665. The lowest BCUT2D eigenvalue weighted by Gasteiger charge is -2.19. The third kappa shape index (κ3) is 3.97. The highest BCUT2D eigenvalue weighted by Gasteiger charge is 2.13. The number of rotatable bonds is 5. The molecule has 1 N–H and O–H groups in total. The fourth-order valence-electron chi connectivity index (χ4n) is 1.85. The average Bonchev–Trinajstić information content (AvgIpc) is 2.21. The maximum atomic E-state index is 6.15. The van der Waals surface area contributed by atoms with Crippen LogP contribution >= 0.6 is 23.2 Å². The average molecular weight is 260 g/mol. The summed E-state index contributed by atoms with van der Waals surface area (Å²) in [6, 6.07) is 6.10. The van der Waals surface area contributed by atoms with Crippen molar-refractivity contribution in [1.29, 1.82) is 0 Å². The molecule has 0 aromatic heterocycles. The largest absolute Gasteiger partial charge is 0.317 e. The zero-order valence-electron chi connectivity index (χ0n) is 10.1. The van der Waals surface area contributed by atoms with Gasteiger partial charge >= 0.3 is 0 Å². The number of halogens is 2. The number of likely N-dealkylation sites (N-methyl/N-ethyl adjacent to an activating group) is 1. The van der Waals surface area contributed by atoms with Gasteiger partial charge in [0.25, 0.3) is 0 Å². The number of nitrogens with one attached hydrogen (secondary N) is 1. The van der Waals surface area contributed by atoms with Gasteiger partial charge in [-0.15, -0.1) is 0 Å². The quantitative estimate of drug-likeness (QED) is 0.837. The Labute approximate surface area is 108 Å². The Morgan fingerprint density at radius 3 is 2.19 bits per heavy atom. The molecule has 0 aliphatic carbocycles. The van der Waals surface area contributed by atoms with Crippen LogP contribution in [0.5, 0.6) is 0 Å². The first-order valence-corrected chi connectivity index (χ1v) is 6.40. The van der Waals surface area contributed by atoms with Crippen molar-refractivity contribution in [2.24, 2.45) is 5.92 Å². The summed E-state index contributed by atoms with van der Waals surface area (Å²) in [6.07, 6.45) is 2.01. The summed E-state index contributed by atoms with van der Waals surface area (Å²) < 4.78 is 0. The first kappa shape index (κ1) is 13.8. The molecule has 0 fully saturated rings. The van der Waals surface area contributed by atoms with E-state index >= 15 is 0 Å². The van der Waals surface area contributed by atoms with Crippen LogP contribution in [0.25, 0.3) is 0 Å². The molecule has 0 amide bonds. The number of benzene rings is 1. The lowest BCUT2D eigenvalue weighted by Crippen LogP contribution is -2.29. The first-order chi connectivity index (χ1) is 7.54. The molecule has 3 heteroatoms. The molecule has 0 radical (unpaired) electrons. The molecule has 0 heterocycles. The van der Waals surface area contributed by atoms with Crippen molar-refractivity contribution < 1.29 is 0 Å². The van der Waals surface area contributed by atoms with Gasteiger partial charge in [0.1, 0.15) is 0 Å². The molecular formula is C13H19Cl2N. The van der Waals surface area contributed by atoms with E-state index in [1.807, 2.05) is 25.2 Å². The highest BCUT2D eigenvalue weighted by atomic mass is 35.5.